The Hall–Kier alpha value is -0.0800. The van der Waals surface area contributed by atoms with Crippen molar-refractivity contribution in [3.8, 4) is 0 Å². The first-order valence-corrected chi connectivity index (χ1v) is 5.69. The molecule has 0 radical (unpaired) electrons. The van der Waals surface area contributed by atoms with Gasteiger partial charge in [0, 0.05) is 26.2 Å². The molecule has 2 heteroatoms. The minimum atomic E-state index is 0.879. The Morgan fingerprint density at radius 1 is 1.38 bits per heavy atom. The summed E-state index contributed by atoms with van der Waals surface area (Å²) >= 11 is 0. The summed E-state index contributed by atoms with van der Waals surface area (Å²) in [7, 11) is 0. The minimum absolute atomic E-state index is 0.879. The maximum absolute atomic E-state index is 3.34. The highest BCUT2D eigenvalue weighted by atomic mass is 15.2. The van der Waals surface area contributed by atoms with Crippen molar-refractivity contribution in [3.63, 3.8) is 0 Å². The quantitative estimate of drug-likeness (QED) is 0.705. The summed E-state index contributed by atoms with van der Waals surface area (Å²) < 4.78 is 0. The monoisotopic (exact) mass is 182 g/mol. The second-order valence-corrected chi connectivity index (χ2v) is 5.08. The largest absolute Gasteiger partial charge is 0.316 e. The first-order valence-electron chi connectivity index (χ1n) is 5.69. The molecule has 2 saturated heterocycles. The minimum Gasteiger partial charge on any atom is -0.316 e. The van der Waals surface area contributed by atoms with Crippen molar-refractivity contribution in [2.45, 2.75) is 20.3 Å². The zero-order valence-corrected chi connectivity index (χ0v) is 8.92. The van der Waals surface area contributed by atoms with E-state index in [1.54, 1.807) is 0 Å². The number of hydrogen-bond donors (Lipinski definition) is 1. The molecule has 0 bridgehead atoms. The van der Waals surface area contributed by atoms with Crippen LogP contribution in [0.4, 0.5) is 0 Å². The van der Waals surface area contributed by atoms with Crippen LogP contribution in [0.15, 0.2) is 0 Å². The number of nitrogens with zero attached hydrogens (tertiary/aromatic N) is 1. The van der Waals surface area contributed by atoms with Gasteiger partial charge in [-0.1, -0.05) is 13.8 Å². The predicted octanol–water partition coefficient (Wildman–Crippen LogP) is 1.18. The topological polar surface area (TPSA) is 15.3 Å². The van der Waals surface area contributed by atoms with E-state index in [9.17, 15) is 0 Å². The van der Waals surface area contributed by atoms with Crippen LogP contribution in [-0.4, -0.2) is 37.6 Å². The first-order chi connectivity index (χ1) is 6.25. The second kappa shape index (κ2) is 3.97. The van der Waals surface area contributed by atoms with E-state index in [-0.39, 0.29) is 0 Å². The molecule has 2 aliphatic heterocycles. The van der Waals surface area contributed by atoms with Gasteiger partial charge in [-0.25, -0.2) is 0 Å². The van der Waals surface area contributed by atoms with Crippen molar-refractivity contribution in [2.24, 2.45) is 17.8 Å². The molecule has 76 valence electrons. The molecule has 2 fully saturated rings. The van der Waals surface area contributed by atoms with Crippen LogP contribution in [0.3, 0.4) is 0 Å². The highest BCUT2D eigenvalue weighted by Crippen LogP contribution is 2.24. The molecule has 0 saturated carbocycles. The molecule has 1 N–H and O–H groups in total. The molecule has 2 nitrogen and oxygen atoms in total. The zero-order valence-electron chi connectivity index (χ0n) is 8.92. The van der Waals surface area contributed by atoms with E-state index in [0.29, 0.717) is 0 Å². The van der Waals surface area contributed by atoms with Crippen LogP contribution < -0.4 is 5.32 Å². The molecular formula is C11H22N2. The lowest BCUT2D eigenvalue weighted by atomic mass is 9.95. The van der Waals surface area contributed by atoms with Gasteiger partial charge in [0.1, 0.15) is 0 Å². The Bertz CT molecular complexity index is 163. The smallest absolute Gasteiger partial charge is 0.00341 e. The van der Waals surface area contributed by atoms with E-state index in [2.05, 4.69) is 24.1 Å². The summed E-state index contributed by atoms with van der Waals surface area (Å²) in [5.41, 5.74) is 0. The molecular weight excluding hydrogens is 160 g/mol. The fraction of sp³-hybridized carbons (Fsp3) is 1.00. The Balaban J connectivity index is 1.71. The van der Waals surface area contributed by atoms with Gasteiger partial charge in [0.25, 0.3) is 0 Å². The molecule has 1 unspecified atom stereocenters. The molecule has 0 aromatic heterocycles. The molecule has 0 aromatic carbocycles. The first kappa shape index (κ1) is 9.47. The summed E-state index contributed by atoms with van der Waals surface area (Å²) in [6.07, 6.45) is 1.43. The molecule has 0 aromatic rings. The van der Waals surface area contributed by atoms with E-state index < -0.39 is 0 Å². The molecule has 0 spiro atoms. The Morgan fingerprint density at radius 2 is 2.15 bits per heavy atom. The van der Waals surface area contributed by atoms with Crippen molar-refractivity contribution < 1.29 is 0 Å². The van der Waals surface area contributed by atoms with Crippen molar-refractivity contribution in [2.75, 3.05) is 32.7 Å². The fourth-order valence-electron chi connectivity index (χ4n) is 2.42. The molecule has 13 heavy (non-hydrogen) atoms. The SMILES string of the molecule is CC(C)C1CCN(CC2CNC2)C1. The number of hydrogen-bond acceptors (Lipinski definition) is 2. The highest BCUT2D eigenvalue weighted by molar-refractivity contribution is 4.83. The average Bonchev–Trinajstić information content (AvgIpc) is 2.44. The number of rotatable bonds is 3. The molecule has 1 atom stereocenters. The van der Waals surface area contributed by atoms with Crippen molar-refractivity contribution in [1.29, 1.82) is 0 Å². The van der Waals surface area contributed by atoms with Gasteiger partial charge in [-0.15, -0.1) is 0 Å². The van der Waals surface area contributed by atoms with Crippen LogP contribution in [0, 0.1) is 17.8 Å². The van der Waals surface area contributed by atoms with Crippen LogP contribution in [0.25, 0.3) is 0 Å². The number of likely N-dealkylation sites (tertiary alicyclic amines) is 1. The summed E-state index contributed by atoms with van der Waals surface area (Å²) in [4.78, 5) is 2.66. The molecule has 0 amide bonds. The highest BCUT2D eigenvalue weighted by Gasteiger charge is 2.27. The Labute approximate surface area is 81.7 Å². The van der Waals surface area contributed by atoms with Gasteiger partial charge in [-0.3, -0.25) is 0 Å². The number of nitrogens with one attached hydrogen (secondary N) is 1. The van der Waals surface area contributed by atoms with Crippen LogP contribution in [0.2, 0.25) is 0 Å². The van der Waals surface area contributed by atoms with E-state index in [0.717, 1.165) is 17.8 Å². The summed E-state index contributed by atoms with van der Waals surface area (Å²) in [6.45, 7) is 11.3. The summed E-state index contributed by atoms with van der Waals surface area (Å²) in [5.74, 6) is 2.79. The maximum atomic E-state index is 3.34. The summed E-state index contributed by atoms with van der Waals surface area (Å²) in [5, 5.41) is 3.34. The van der Waals surface area contributed by atoms with E-state index >= 15 is 0 Å². The molecule has 2 heterocycles. The lowest BCUT2D eigenvalue weighted by Gasteiger charge is -2.31. The lowest BCUT2D eigenvalue weighted by Crippen LogP contribution is -2.47. The normalized spacial score (nSPS) is 31.2. The molecule has 2 rings (SSSR count). The predicted molar refractivity (Wildman–Crippen MR) is 55.7 cm³/mol. The van der Waals surface area contributed by atoms with Gasteiger partial charge < -0.3 is 10.2 Å². The van der Waals surface area contributed by atoms with Gasteiger partial charge >= 0.3 is 0 Å². The van der Waals surface area contributed by atoms with Crippen molar-refractivity contribution >= 4 is 0 Å². The maximum Gasteiger partial charge on any atom is 0.00341 e. The van der Waals surface area contributed by atoms with Gasteiger partial charge in [-0.05, 0) is 30.7 Å². The van der Waals surface area contributed by atoms with Gasteiger partial charge in [0.05, 0.1) is 0 Å². The summed E-state index contributed by atoms with van der Waals surface area (Å²) in [6, 6.07) is 0. The van der Waals surface area contributed by atoms with E-state index in [4.69, 9.17) is 0 Å². The molecule has 2 aliphatic rings. The Kier molecular flexibility index (Phi) is 2.89. The van der Waals surface area contributed by atoms with Crippen LogP contribution in [-0.2, 0) is 0 Å². The zero-order chi connectivity index (χ0) is 9.26. The van der Waals surface area contributed by atoms with Gasteiger partial charge in [0.2, 0.25) is 0 Å². The average molecular weight is 182 g/mol. The van der Waals surface area contributed by atoms with Crippen LogP contribution >= 0.6 is 0 Å². The fourth-order valence-corrected chi connectivity index (χ4v) is 2.42. The van der Waals surface area contributed by atoms with Gasteiger partial charge in [-0.2, -0.15) is 0 Å². The van der Waals surface area contributed by atoms with Crippen molar-refractivity contribution in [3.05, 3.63) is 0 Å². The van der Waals surface area contributed by atoms with Crippen LogP contribution in [0.1, 0.15) is 20.3 Å². The van der Waals surface area contributed by atoms with Crippen molar-refractivity contribution in [1.82, 2.24) is 10.2 Å². The van der Waals surface area contributed by atoms with Crippen LogP contribution in [0.5, 0.6) is 0 Å². The lowest BCUT2D eigenvalue weighted by molar-refractivity contribution is 0.213. The van der Waals surface area contributed by atoms with E-state index in [1.165, 1.54) is 39.1 Å². The standard InChI is InChI=1S/C11H22N2/c1-9(2)11-3-4-13(8-11)7-10-5-12-6-10/h9-12H,3-8H2,1-2H3. The third-order valence-electron chi connectivity index (χ3n) is 3.63. The Morgan fingerprint density at radius 3 is 2.62 bits per heavy atom. The second-order valence-electron chi connectivity index (χ2n) is 5.08. The third-order valence-corrected chi connectivity index (χ3v) is 3.63. The third kappa shape index (κ3) is 2.23. The van der Waals surface area contributed by atoms with Gasteiger partial charge in [0.15, 0.2) is 0 Å². The van der Waals surface area contributed by atoms with E-state index in [1.807, 2.05) is 0 Å². The molecule has 0 aliphatic carbocycles.